The number of benzene rings is 3. The average Bonchev–Trinajstić information content (AvgIpc) is 2.96. The molecule has 0 fully saturated rings. The Balaban J connectivity index is 1.73. The minimum Gasteiger partial charge on any atom is -0.378 e. The van der Waals surface area contributed by atoms with E-state index >= 15 is 0 Å². The molecule has 3 aromatic carbocycles. The van der Waals surface area contributed by atoms with Gasteiger partial charge in [-0.2, -0.15) is 13.2 Å². The van der Waals surface area contributed by atoms with Crippen LogP contribution in [0.1, 0.15) is 22.7 Å². The molecule has 3 aromatic rings. The molecule has 0 radical (unpaired) electrons. The minimum absolute atomic E-state index is 0.000385. The monoisotopic (exact) mass is 313 g/mol. The number of fused-ring (bicyclic) bond motifs is 2. The zero-order valence-electron chi connectivity index (χ0n) is 12.2. The molecule has 0 bridgehead atoms. The average molecular weight is 313 g/mol. The lowest BCUT2D eigenvalue weighted by Gasteiger charge is -2.14. The molecule has 1 heterocycles. The first-order valence-electron chi connectivity index (χ1n) is 7.47. The topological polar surface area (TPSA) is 12.0 Å². The molecule has 1 atom stereocenters. The van der Waals surface area contributed by atoms with Crippen molar-refractivity contribution in [1.29, 1.82) is 0 Å². The van der Waals surface area contributed by atoms with Crippen LogP contribution in [0, 0.1) is 0 Å². The van der Waals surface area contributed by atoms with Crippen molar-refractivity contribution in [2.24, 2.45) is 0 Å². The van der Waals surface area contributed by atoms with E-state index in [1.807, 2.05) is 36.4 Å². The number of alkyl halides is 3. The number of hydrogen-bond acceptors (Lipinski definition) is 1. The second-order valence-corrected chi connectivity index (χ2v) is 5.84. The number of halogens is 3. The third-order valence-electron chi connectivity index (χ3n) is 4.39. The number of hydrogen-bond donors (Lipinski definition) is 1. The van der Waals surface area contributed by atoms with Crippen molar-refractivity contribution >= 4 is 16.5 Å². The lowest BCUT2D eigenvalue weighted by molar-refractivity contribution is -0.137. The van der Waals surface area contributed by atoms with Gasteiger partial charge in [-0.1, -0.05) is 42.5 Å². The van der Waals surface area contributed by atoms with E-state index in [0.717, 1.165) is 33.7 Å². The van der Waals surface area contributed by atoms with Crippen LogP contribution in [0.5, 0.6) is 0 Å². The van der Waals surface area contributed by atoms with E-state index in [9.17, 15) is 13.2 Å². The van der Waals surface area contributed by atoms with E-state index in [1.165, 1.54) is 12.1 Å². The quantitative estimate of drug-likeness (QED) is 0.619. The largest absolute Gasteiger partial charge is 0.416 e. The minimum atomic E-state index is -4.30. The van der Waals surface area contributed by atoms with Gasteiger partial charge in [0.15, 0.2) is 0 Å². The molecule has 0 saturated heterocycles. The van der Waals surface area contributed by atoms with Crippen LogP contribution in [0.15, 0.2) is 60.7 Å². The van der Waals surface area contributed by atoms with Crippen LogP contribution in [-0.2, 0) is 12.6 Å². The molecule has 116 valence electrons. The first-order chi connectivity index (χ1) is 11.0. The summed E-state index contributed by atoms with van der Waals surface area (Å²) in [5.74, 6) is 0. The van der Waals surface area contributed by atoms with Gasteiger partial charge in [-0.15, -0.1) is 0 Å². The van der Waals surface area contributed by atoms with Crippen molar-refractivity contribution < 1.29 is 13.2 Å². The summed E-state index contributed by atoms with van der Waals surface area (Å²) in [5, 5.41) is 5.63. The molecular weight excluding hydrogens is 299 g/mol. The van der Waals surface area contributed by atoms with E-state index in [-0.39, 0.29) is 6.04 Å². The molecule has 1 aliphatic rings. The van der Waals surface area contributed by atoms with Gasteiger partial charge >= 0.3 is 6.18 Å². The van der Waals surface area contributed by atoms with Crippen molar-refractivity contribution in [1.82, 2.24) is 0 Å². The van der Waals surface area contributed by atoms with Gasteiger partial charge < -0.3 is 5.32 Å². The molecule has 1 nitrogen and oxygen atoms in total. The Morgan fingerprint density at radius 1 is 0.913 bits per heavy atom. The van der Waals surface area contributed by atoms with Gasteiger partial charge in [-0.05, 0) is 46.5 Å². The third kappa shape index (κ3) is 2.44. The second kappa shape index (κ2) is 5.01. The maximum absolute atomic E-state index is 12.9. The molecule has 0 saturated carbocycles. The lowest BCUT2D eigenvalue weighted by Crippen LogP contribution is -2.06. The Morgan fingerprint density at radius 2 is 1.70 bits per heavy atom. The Morgan fingerprint density at radius 3 is 2.52 bits per heavy atom. The van der Waals surface area contributed by atoms with Crippen LogP contribution in [0.3, 0.4) is 0 Å². The molecular formula is C19H14F3N. The Labute approximate surface area is 131 Å². The maximum Gasteiger partial charge on any atom is 0.416 e. The van der Waals surface area contributed by atoms with Crippen LogP contribution >= 0.6 is 0 Å². The number of anilines is 1. The summed E-state index contributed by atoms with van der Waals surface area (Å²) < 4.78 is 38.6. The maximum atomic E-state index is 12.9. The van der Waals surface area contributed by atoms with Crippen LogP contribution in [0.2, 0.25) is 0 Å². The second-order valence-electron chi connectivity index (χ2n) is 5.84. The Hall–Kier alpha value is -2.49. The molecule has 23 heavy (non-hydrogen) atoms. The fraction of sp³-hybridized carbons (Fsp3) is 0.158. The van der Waals surface area contributed by atoms with E-state index in [4.69, 9.17) is 0 Å². The molecule has 4 heteroatoms. The van der Waals surface area contributed by atoms with Gasteiger partial charge in [0.05, 0.1) is 11.6 Å². The smallest absolute Gasteiger partial charge is 0.378 e. The van der Waals surface area contributed by atoms with Crippen molar-refractivity contribution in [3.63, 3.8) is 0 Å². The zero-order valence-corrected chi connectivity index (χ0v) is 12.2. The standard InChI is InChI=1S/C19H14F3N/c20-19(21,22)14-8-9-17-13(10-14)11-18(23-17)16-7-3-5-12-4-1-2-6-15(12)16/h1-10,18,23H,11H2. The highest BCUT2D eigenvalue weighted by molar-refractivity contribution is 5.86. The van der Waals surface area contributed by atoms with Crippen LogP contribution < -0.4 is 5.32 Å². The summed E-state index contributed by atoms with van der Waals surface area (Å²) in [4.78, 5) is 0. The lowest BCUT2D eigenvalue weighted by atomic mass is 9.96. The van der Waals surface area contributed by atoms with Crippen molar-refractivity contribution in [2.75, 3.05) is 5.32 Å². The number of rotatable bonds is 1. The van der Waals surface area contributed by atoms with Gasteiger partial charge in [-0.3, -0.25) is 0 Å². The van der Waals surface area contributed by atoms with Gasteiger partial charge in [0.2, 0.25) is 0 Å². The van der Waals surface area contributed by atoms with E-state index in [1.54, 1.807) is 0 Å². The van der Waals surface area contributed by atoms with Gasteiger partial charge in [0, 0.05) is 5.69 Å². The summed E-state index contributed by atoms with van der Waals surface area (Å²) in [5.41, 5.74) is 2.04. The normalized spacial score (nSPS) is 17.1. The highest BCUT2D eigenvalue weighted by Gasteiger charge is 2.32. The van der Waals surface area contributed by atoms with Crippen molar-refractivity contribution in [3.05, 3.63) is 77.4 Å². The van der Waals surface area contributed by atoms with Gasteiger partial charge in [0.25, 0.3) is 0 Å². The zero-order chi connectivity index (χ0) is 16.0. The molecule has 0 spiro atoms. The van der Waals surface area contributed by atoms with Gasteiger partial charge in [0.1, 0.15) is 0 Å². The highest BCUT2D eigenvalue weighted by atomic mass is 19.4. The first-order valence-corrected chi connectivity index (χ1v) is 7.47. The molecule has 1 unspecified atom stereocenters. The van der Waals surface area contributed by atoms with E-state index in [0.29, 0.717) is 6.42 Å². The highest BCUT2D eigenvalue weighted by Crippen LogP contribution is 2.39. The summed E-state index contributed by atoms with van der Waals surface area (Å²) in [6, 6.07) is 18.1. The molecule has 0 amide bonds. The van der Waals surface area contributed by atoms with Crippen molar-refractivity contribution in [3.8, 4) is 0 Å². The fourth-order valence-electron chi connectivity index (χ4n) is 3.28. The Kier molecular flexibility index (Phi) is 3.08. The van der Waals surface area contributed by atoms with Gasteiger partial charge in [-0.25, -0.2) is 0 Å². The molecule has 4 rings (SSSR count). The summed E-state index contributed by atoms with van der Waals surface area (Å²) in [6.07, 6.45) is -3.74. The fourth-order valence-corrected chi connectivity index (χ4v) is 3.28. The van der Waals surface area contributed by atoms with Crippen LogP contribution in [0.25, 0.3) is 10.8 Å². The summed E-state index contributed by atoms with van der Waals surface area (Å²) in [7, 11) is 0. The summed E-state index contributed by atoms with van der Waals surface area (Å²) >= 11 is 0. The molecule has 1 aliphatic heterocycles. The molecule has 0 aliphatic carbocycles. The summed E-state index contributed by atoms with van der Waals surface area (Å²) in [6.45, 7) is 0. The predicted octanol–water partition coefficient (Wildman–Crippen LogP) is 5.57. The Bertz CT molecular complexity index is 878. The van der Waals surface area contributed by atoms with Crippen molar-refractivity contribution in [2.45, 2.75) is 18.6 Å². The van der Waals surface area contributed by atoms with Crippen LogP contribution in [-0.4, -0.2) is 0 Å². The van der Waals surface area contributed by atoms with E-state index in [2.05, 4.69) is 11.4 Å². The first kappa shape index (κ1) is 14.1. The SMILES string of the molecule is FC(F)(F)c1ccc2c(c1)CC(c1cccc3ccccc13)N2. The molecule has 1 N–H and O–H groups in total. The molecule has 0 aromatic heterocycles. The number of nitrogens with one attached hydrogen (secondary N) is 1. The van der Waals surface area contributed by atoms with Crippen LogP contribution in [0.4, 0.5) is 18.9 Å². The van der Waals surface area contributed by atoms with E-state index < -0.39 is 11.7 Å². The predicted molar refractivity (Wildman–Crippen MR) is 85.5 cm³/mol. The third-order valence-corrected chi connectivity index (χ3v) is 4.39.